The fraction of sp³-hybridized carbons (Fsp3) is 0.545. The van der Waals surface area contributed by atoms with Gasteiger partial charge in [0.1, 0.15) is 0 Å². The van der Waals surface area contributed by atoms with Gasteiger partial charge in [0.25, 0.3) is 5.78 Å². The molecule has 6 heteroatoms. The van der Waals surface area contributed by atoms with Gasteiger partial charge >= 0.3 is 0 Å². The van der Waals surface area contributed by atoms with E-state index in [1.165, 1.54) is 0 Å². The smallest absolute Gasteiger partial charge is 0.253 e. The molecule has 17 heavy (non-hydrogen) atoms. The Balaban J connectivity index is 1.88. The quantitative estimate of drug-likeness (QED) is 0.871. The third-order valence-electron chi connectivity index (χ3n) is 2.94. The summed E-state index contributed by atoms with van der Waals surface area (Å²) in [7, 11) is 0. The van der Waals surface area contributed by atoms with Crippen LogP contribution in [0.15, 0.2) is 11.2 Å². The van der Waals surface area contributed by atoms with Crippen LogP contribution in [-0.4, -0.2) is 36.0 Å². The van der Waals surface area contributed by atoms with Crippen LogP contribution in [0.3, 0.4) is 0 Å². The Hall–Kier alpha value is -1.14. The lowest BCUT2D eigenvalue weighted by Crippen LogP contribution is -2.30. The van der Waals surface area contributed by atoms with Crippen molar-refractivity contribution >= 4 is 17.5 Å². The molecule has 0 unspecified atom stereocenters. The minimum Gasteiger partial charge on any atom is -0.393 e. The highest BCUT2D eigenvalue weighted by Gasteiger charge is 2.29. The summed E-state index contributed by atoms with van der Waals surface area (Å²) in [5, 5.41) is 14.9. The highest BCUT2D eigenvalue weighted by Crippen LogP contribution is 2.35. The largest absolute Gasteiger partial charge is 0.393 e. The lowest BCUT2D eigenvalue weighted by molar-refractivity contribution is 0.101. The van der Waals surface area contributed by atoms with Gasteiger partial charge in [-0.25, -0.2) is 9.50 Å². The number of hydrogen-bond acceptors (Lipinski definition) is 5. The van der Waals surface area contributed by atoms with Crippen LogP contribution in [0, 0.1) is 13.8 Å². The maximum absolute atomic E-state index is 9.24. The zero-order valence-electron chi connectivity index (χ0n) is 9.79. The van der Waals surface area contributed by atoms with E-state index in [4.69, 9.17) is 0 Å². The summed E-state index contributed by atoms with van der Waals surface area (Å²) in [6.07, 6.45) is 1.55. The first kappa shape index (κ1) is 11.0. The number of hydrogen-bond donors (Lipinski definition) is 1. The minimum atomic E-state index is -0.133. The van der Waals surface area contributed by atoms with E-state index >= 15 is 0 Å². The Kier molecular flexibility index (Phi) is 2.56. The van der Waals surface area contributed by atoms with Gasteiger partial charge in [-0.2, -0.15) is 4.98 Å². The molecule has 1 aliphatic rings. The molecule has 2 aromatic rings. The van der Waals surface area contributed by atoms with Crippen molar-refractivity contribution in [3.05, 3.63) is 17.5 Å². The number of thioether (sulfide) groups is 1. The van der Waals surface area contributed by atoms with Gasteiger partial charge in [0, 0.05) is 16.6 Å². The Bertz CT molecular complexity index is 562. The van der Waals surface area contributed by atoms with Crippen molar-refractivity contribution in [2.45, 2.75) is 43.2 Å². The summed E-state index contributed by atoms with van der Waals surface area (Å²) in [5.74, 6) is 0.657. The molecule has 3 rings (SSSR count). The van der Waals surface area contributed by atoms with E-state index < -0.39 is 0 Å². The summed E-state index contributed by atoms with van der Waals surface area (Å²) in [5.41, 5.74) is 2.00. The first-order valence-electron chi connectivity index (χ1n) is 5.67. The van der Waals surface area contributed by atoms with E-state index in [9.17, 15) is 5.11 Å². The number of aryl methyl sites for hydroxylation is 2. The maximum atomic E-state index is 9.24. The van der Waals surface area contributed by atoms with Gasteiger partial charge in [0.05, 0.1) is 6.10 Å². The van der Waals surface area contributed by atoms with E-state index in [2.05, 4.69) is 15.1 Å². The molecule has 90 valence electrons. The molecule has 0 aliphatic heterocycles. The van der Waals surface area contributed by atoms with Crippen molar-refractivity contribution in [2.24, 2.45) is 0 Å². The van der Waals surface area contributed by atoms with Crippen LogP contribution in [0.4, 0.5) is 0 Å². The molecule has 1 saturated carbocycles. The van der Waals surface area contributed by atoms with Crippen molar-refractivity contribution < 1.29 is 5.11 Å². The van der Waals surface area contributed by atoms with Crippen LogP contribution in [0.25, 0.3) is 5.78 Å². The third kappa shape index (κ3) is 2.02. The highest BCUT2D eigenvalue weighted by atomic mass is 32.2. The van der Waals surface area contributed by atoms with Crippen molar-refractivity contribution in [3.8, 4) is 0 Å². The summed E-state index contributed by atoms with van der Waals surface area (Å²) >= 11 is 1.63. The predicted octanol–water partition coefficient (Wildman–Crippen LogP) is 1.36. The summed E-state index contributed by atoms with van der Waals surface area (Å²) in [6, 6.07) is 1.99. The number of aromatic nitrogens is 4. The first-order valence-corrected chi connectivity index (χ1v) is 6.55. The number of rotatable bonds is 2. The summed E-state index contributed by atoms with van der Waals surface area (Å²) in [4.78, 5) is 8.75. The van der Waals surface area contributed by atoms with E-state index in [0.29, 0.717) is 11.0 Å². The second kappa shape index (κ2) is 3.96. The number of aliphatic hydroxyl groups excluding tert-OH is 1. The fourth-order valence-electron chi connectivity index (χ4n) is 1.98. The SMILES string of the molecule is Cc1cc(C)n2nc(SC3CC(O)C3)nc2n1. The van der Waals surface area contributed by atoms with E-state index in [0.717, 1.165) is 29.4 Å². The van der Waals surface area contributed by atoms with Crippen LogP contribution in [0.5, 0.6) is 0 Å². The molecular formula is C11H14N4OS. The molecule has 1 fully saturated rings. The molecule has 0 bridgehead atoms. The average Bonchev–Trinajstić information content (AvgIpc) is 2.58. The number of aliphatic hydroxyl groups is 1. The van der Waals surface area contributed by atoms with Gasteiger partial charge in [-0.05, 0) is 32.8 Å². The van der Waals surface area contributed by atoms with Gasteiger partial charge < -0.3 is 5.11 Å². The van der Waals surface area contributed by atoms with Crippen LogP contribution in [-0.2, 0) is 0 Å². The monoisotopic (exact) mass is 250 g/mol. The minimum absolute atomic E-state index is 0.133. The van der Waals surface area contributed by atoms with Crippen molar-refractivity contribution in [1.82, 2.24) is 19.6 Å². The zero-order valence-corrected chi connectivity index (χ0v) is 10.6. The molecule has 0 radical (unpaired) electrons. The van der Waals surface area contributed by atoms with Gasteiger partial charge in [0.2, 0.25) is 5.16 Å². The lowest BCUT2D eigenvalue weighted by atomic mass is 9.96. The van der Waals surface area contributed by atoms with Gasteiger partial charge in [-0.1, -0.05) is 11.8 Å². The number of fused-ring (bicyclic) bond motifs is 1. The van der Waals surface area contributed by atoms with Gasteiger partial charge in [0.15, 0.2) is 0 Å². The molecule has 0 aromatic carbocycles. The maximum Gasteiger partial charge on any atom is 0.253 e. The molecule has 2 aromatic heterocycles. The molecule has 0 amide bonds. The second-order valence-electron chi connectivity index (χ2n) is 4.51. The lowest BCUT2D eigenvalue weighted by Gasteiger charge is -2.29. The molecule has 0 saturated heterocycles. The highest BCUT2D eigenvalue weighted by molar-refractivity contribution is 7.99. The van der Waals surface area contributed by atoms with Crippen molar-refractivity contribution in [2.75, 3.05) is 0 Å². The first-order chi connectivity index (χ1) is 8.11. The molecule has 2 heterocycles. The van der Waals surface area contributed by atoms with Gasteiger partial charge in [-0.15, -0.1) is 5.10 Å². The van der Waals surface area contributed by atoms with Crippen LogP contribution in [0.2, 0.25) is 0 Å². The van der Waals surface area contributed by atoms with Crippen molar-refractivity contribution in [3.63, 3.8) is 0 Å². The Morgan fingerprint density at radius 1 is 1.35 bits per heavy atom. The number of nitrogens with zero attached hydrogens (tertiary/aromatic N) is 4. The van der Waals surface area contributed by atoms with Gasteiger partial charge in [-0.3, -0.25) is 0 Å². The van der Waals surface area contributed by atoms with Crippen LogP contribution in [0.1, 0.15) is 24.2 Å². The Labute approximate surface area is 103 Å². The van der Waals surface area contributed by atoms with E-state index in [1.807, 2.05) is 19.9 Å². The molecule has 5 nitrogen and oxygen atoms in total. The van der Waals surface area contributed by atoms with E-state index in [-0.39, 0.29) is 6.10 Å². The fourth-order valence-corrected chi connectivity index (χ4v) is 3.18. The predicted molar refractivity (Wildman–Crippen MR) is 65.1 cm³/mol. The molecule has 0 atom stereocenters. The van der Waals surface area contributed by atoms with E-state index in [1.54, 1.807) is 16.3 Å². The van der Waals surface area contributed by atoms with Crippen LogP contribution < -0.4 is 0 Å². The average molecular weight is 250 g/mol. The summed E-state index contributed by atoms with van der Waals surface area (Å²) in [6.45, 7) is 3.95. The Morgan fingerprint density at radius 3 is 2.82 bits per heavy atom. The molecular weight excluding hydrogens is 236 g/mol. The van der Waals surface area contributed by atoms with Crippen LogP contribution >= 0.6 is 11.8 Å². The Morgan fingerprint density at radius 2 is 2.12 bits per heavy atom. The topological polar surface area (TPSA) is 63.3 Å². The molecule has 1 aliphatic carbocycles. The third-order valence-corrected chi connectivity index (χ3v) is 4.04. The van der Waals surface area contributed by atoms with Crippen molar-refractivity contribution in [1.29, 1.82) is 0 Å². The summed E-state index contributed by atoms with van der Waals surface area (Å²) < 4.78 is 1.77. The normalized spacial score (nSPS) is 23.9. The zero-order chi connectivity index (χ0) is 12.0. The molecule has 0 spiro atoms. The molecule has 1 N–H and O–H groups in total. The standard InChI is InChI=1S/C11H14N4OS/c1-6-3-7(2)15-10(12-6)13-11(14-15)17-9-4-8(16)5-9/h3,8-9,16H,4-5H2,1-2H3. The second-order valence-corrected chi connectivity index (χ2v) is 5.78.